The van der Waals surface area contributed by atoms with E-state index in [1.807, 2.05) is 18.2 Å². The Kier molecular flexibility index (Phi) is 4.43. The summed E-state index contributed by atoms with van der Waals surface area (Å²) >= 11 is 5.94. The van der Waals surface area contributed by atoms with Crippen LogP contribution in [0.1, 0.15) is 31.9 Å². The molecule has 1 atom stereocenters. The van der Waals surface area contributed by atoms with Crippen molar-refractivity contribution in [3.63, 3.8) is 0 Å². The molecular formula is C12H18ClNO. The topological polar surface area (TPSA) is 35.2 Å². The predicted octanol–water partition coefficient (Wildman–Crippen LogP) is 3.39. The molecule has 0 radical (unpaired) electrons. The van der Waals surface area contributed by atoms with E-state index in [0.717, 1.165) is 17.7 Å². The highest BCUT2D eigenvalue weighted by Gasteiger charge is 2.13. The number of hydrogen-bond donors (Lipinski definition) is 1. The van der Waals surface area contributed by atoms with Gasteiger partial charge in [-0.15, -0.1) is 0 Å². The monoisotopic (exact) mass is 227 g/mol. The van der Waals surface area contributed by atoms with Crippen molar-refractivity contribution in [3.8, 4) is 5.75 Å². The highest BCUT2D eigenvalue weighted by atomic mass is 35.5. The van der Waals surface area contributed by atoms with Gasteiger partial charge in [0.15, 0.2) is 0 Å². The molecule has 0 aromatic heterocycles. The van der Waals surface area contributed by atoms with E-state index in [2.05, 4.69) is 13.8 Å². The number of rotatable bonds is 4. The Balaban J connectivity index is 2.94. The van der Waals surface area contributed by atoms with Crippen LogP contribution in [-0.2, 0) is 0 Å². The van der Waals surface area contributed by atoms with Gasteiger partial charge in [0.2, 0.25) is 0 Å². The van der Waals surface area contributed by atoms with E-state index in [1.165, 1.54) is 0 Å². The van der Waals surface area contributed by atoms with Crippen LogP contribution < -0.4 is 10.5 Å². The molecule has 2 nitrogen and oxygen atoms in total. The Morgan fingerprint density at radius 1 is 1.40 bits per heavy atom. The van der Waals surface area contributed by atoms with Crippen LogP contribution in [0.15, 0.2) is 18.2 Å². The maximum atomic E-state index is 6.10. The van der Waals surface area contributed by atoms with Gasteiger partial charge in [0.25, 0.3) is 0 Å². The van der Waals surface area contributed by atoms with Gasteiger partial charge in [0.1, 0.15) is 5.75 Å². The standard InChI is InChI=1S/C12H18ClNO/c1-8(2)6-11(14)10-7-9(13)4-5-12(10)15-3/h4-5,7-8,11H,6,14H2,1-3H3/t11-/m1/s1. The zero-order valence-electron chi connectivity index (χ0n) is 9.46. The summed E-state index contributed by atoms with van der Waals surface area (Å²) in [5.74, 6) is 1.37. The summed E-state index contributed by atoms with van der Waals surface area (Å²) in [6.45, 7) is 4.30. The molecule has 0 unspecified atom stereocenters. The van der Waals surface area contributed by atoms with Crippen LogP contribution in [-0.4, -0.2) is 7.11 Å². The van der Waals surface area contributed by atoms with Crippen molar-refractivity contribution >= 4 is 11.6 Å². The third-order valence-electron chi connectivity index (χ3n) is 2.32. The molecule has 0 saturated heterocycles. The SMILES string of the molecule is COc1ccc(Cl)cc1[C@H](N)CC(C)C. The first-order valence-electron chi connectivity index (χ1n) is 5.13. The minimum atomic E-state index is -0.0151. The van der Waals surface area contributed by atoms with Crippen LogP contribution in [0, 0.1) is 5.92 Å². The second-order valence-electron chi connectivity index (χ2n) is 4.12. The summed E-state index contributed by atoms with van der Waals surface area (Å²) in [6.07, 6.45) is 0.927. The number of hydrogen-bond acceptors (Lipinski definition) is 2. The van der Waals surface area contributed by atoms with Crippen molar-refractivity contribution in [1.82, 2.24) is 0 Å². The second-order valence-corrected chi connectivity index (χ2v) is 4.56. The molecule has 84 valence electrons. The van der Waals surface area contributed by atoms with E-state index < -0.39 is 0 Å². The lowest BCUT2D eigenvalue weighted by Gasteiger charge is -2.17. The van der Waals surface area contributed by atoms with Crippen LogP contribution in [0.4, 0.5) is 0 Å². The highest BCUT2D eigenvalue weighted by molar-refractivity contribution is 6.30. The Bertz CT molecular complexity index is 325. The van der Waals surface area contributed by atoms with Gasteiger partial charge in [-0.2, -0.15) is 0 Å². The lowest BCUT2D eigenvalue weighted by atomic mass is 9.97. The van der Waals surface area contributed by atoms with Gasteiger partial charge in [0.05, 0.1) is 7.11 Å². The van der Waals surface area contributed by atoms with Gasteiger partial charge in [0, 0.05) is 16.6 Å². The van der Waals surface area contributed by atoms with E-state index >= 15 is 0 Å². The first-order valence-corrected chi connectivity index (χ1v) is 5.51. The minimum Gasteiger partial charge on any atom is -0.496 e. The molecule has 0 heterocycles. The van der Waals surface area contributed by atoms with Gasteiger partial charge in [-0.25, -0.2) is 0 Å². The third-order valence-corrected chi connectivity index (χ3v) is 2.55. The number of benzene rings is 1. The first-order chi connectivity index (χ1) is 7.04. The zero-order valence-corrected chi connectivity index (χ0v) is 10.2. The van der Waals surface area contributed by atoms with Crippen LogP contribution in [0.25, 0.3) is 0 Å². The molecule has 0 aliphatic rings. The average molecular weight is 228 g/mol. The quantitative estimate of drug-likeness (QED) is 0.856. The van der Waals surface area contributed by atoms with E-state index in [1.54, 1.807) is 7.11 Å². The maximum Gasteiger partial charge on any atom is 0.123 e. The summed E-state index contributed by atoms with van der Waals surface area (Å²) in [6, 6.07) is 5.54. The Labute approximate surface area is 96.4 Å². The summed E-state index contributed by atoms with van der Waals surface area (Å²) < 4.78 is 5.26. The molecule has 1 rings (SSSR count). The van der Waals surface area contributed by atoms with Gasteiger partial charge in [-0.3, -0.25) is 0 Å². The van der Waals surface area contributed by atoms with Crippen molar-refractivity contribution in [1.29, 1.82) is 0 Å². The summed E-state index contributed by atoms with van der Waals surface area (Å²) in [4.78, 5) is 0. The fourth-order valence-corrected chi connectivity index (χ4v) is 1.81. The van der Waals surface area contributed by atoms with Crippen molar-refractivity contribution in [2.75, 3.05) is 7.11 Å². The molecule has 0 bridgehead atoms. The lowest BCUT2D eigenvalue weighted by Crippen LogP contribution is -2.14. The molecule has 3 heteroatoms. The second kappa shape index (κ2) is 5.38. The van der Waals surface area contributed by atoms with E-state index in [-0.39, 0.29) is 6.04 Å². The Morgan fingerprint density at radius 2 is 2.07 bits per heavy atom. The highest BCUT2D eigenvalue weighted by Crippen LogP contribution is 2.30. The van der Waals surface area contributed by atoms with Crippen LogP contribution in [0.3, 0.4) is 0 Å². The first kappa shape index (κ1) is 12.3. The Hall–Kier alpha value is -0.730. The number of nitrogens with two attached hydrogens (primary N) is 1. The normalized spacial score (nSPS) is 12.9. The molecule has 15 heavy (non-hydrogen) atoms. The van der Waals surface area contributed by atoms with Crippen LogP contribution in [0.5, 0.6) is 5.75 Å². The number of methoxy groups -OCH3 is 1. The number of ether oxygens (including phenoxy) is 1. The molecule has 1 aromatic rings. The van der Waals surface area contributed by atoms with Crippen molar-refractivity contribution in [2.45, 2.75) is 26.3 Å². The smallest absolute Gasteiger partial charge is 0.123 e. The minimum absolute atomic E-state index is 0.0151. The van der Waals surface area contributed by atoms with E-state index in [4.69, 9.17) is 22.1 Å². The molecular weight excluding hydrogens is 210 g/mol. The van der Waals surface area contributed by atoms with Gasteiger partial charge >= 0.3 is 0 Å². The van der Waals surface area contributed by atoms with Crippen molar-refractivity contribution in [3.05, 3.63) is 28.8 Å². The van der Waals surface area contributed by atoms with Gasteiger partial charge in [-0.1, -0.05) is 25.4 Å². The van der Waals surface area contributed by atoms with Crippen LogP contribution in [0.2, 0.25) is 5.02 Å². The van der Waals surface area contributed by atoms with Gasteiger partial charge in [-0.05, 0) is 30.5 Å². The van der Waals surface area contributed by atoms with E-state index in [0.29, 0.717) is 10.9 Å². The Morgan fingerprint density at radius 3 is 2.60 bits per heavy atom. The number of halogens is 1. The largest absolute Gasteiger partial charge is 0.496 e. The maximum absolute atomic E-state index is 6.10. The van der Waals surface area contributed by atoms with E-state index in [9.17, 15) is 0 Å². The molecule has 0 saturated carbocycles. The summed E-state index contributed by atoms with van der Waals surface area (Å²) in [5.41, 5.74) is 7.09. The fraction of sp³-hybridized carbons (Fsp3) is 0.500. The predicted molar refractivity (Wildman–Crippen MR) is 64.4 cm³/mol. The molecule has 0 fully saturated rings. The zero-order chi connectivity index (χ0) is 11.4. The summed E-state index contributed by atoms with van der Waals surface area (Å²) in [5, 5.41) is 0.699. The lowest BCUT2D eigenvalue weighted by molar-refractivity contribution is 0.399. The molecule has 1 aromatic carbocycles. The van der Waals surface area contributed by atoms with Gasteiger partial charge < -0.3 is 10.5 Å². The van der Waals surface area contributed by atoms with Crippen molar-refractivity contribution < 1.29 is 4.74 Å². The molecule has 0 aliphatic heterocycles. The molecule has 0 aliphatic carbocycles. The van der Waals surface area contributed by atoms with Crippen LogP contribution >= 0.6 is 11.6 Å². The fourth-order valence-electron chi connectivity index (χ4n) is 1.63. The molecule has 0 amide bonds. The van der Waals surface area contributed by atoms with Crippen molar-refractivity contribution in [2.24, 2.45) is 11.7 Å². The summed E-state index contributed by atoms with van der Waals surface area (Å²) in [7, 11) is 1.65. The average Bonchev–Trinajstić information content (AvgIpc) is 2.16. The molecule has 2 N–H and O–H groups in total. The third kappa shape index (κ3) is 3.40. The molecule has 0 spiro atoms.